The van der Waals surface area contributed by atoms with Gasteiger partial charge in [0.15, 0.2) is 0 Å². The molecule has 0 amide bonds. The first-order valence-electron chi connectivity index (χ1n) is 24.4. The van der Waals surface area contributed by atoms with E-state index in [1.54, 1.807) is 0 Å². The molecule has 0 aliphatic heterocycles. The molecule has 0 saturated heterocycles. The van der Waals surface area contributed by atoms with E-state index in [9.17, 15) is 14.3 Å². The Kier molecular flexibility index (Phi) is 46.3. The Balaban J connectivity index is 4.03. The van der Waals surface area contributed by atoms with Crippen LogP contribution in [0.25, 0.3) is 0 Å². The maximum absolute atomic E-state index is 12.6. The molecule has 0 aromatic rings. The van der Waals surface area contributed by atoms with Crippen molar-refractivity contribution in [3.8, 4) is 0 Å². The Bertz CT molecular complexity index is 1150. The average molecular weight is 862 g/mol. The SMILES string of the molecule is CC/C=C\C/C=C\C/C=C\C/C=C\C/C=C\CCCCCC(=O)OC(COCCCCCCCCCCCC/C=C\CCCCCCCCCC)COP(=O)(O)OCCN. The van der Waals surface area contributed by atoms with E-state index in [1.165, 1.54) is 116 Å². The molecule has 0 aromatic heterocycles. The van der Waals surface area contributed by atoms with Gasteiger partial charge in [-0.1, -0.05) is 189 Å². The zero-order chi connectivity index (χ0) is 43.7. The molecule has 9 heteroatoms. The molecule has 0 spiro atoms. The number of allylic oxidation sites excluding steroid dienone is 12. The van der Waals surface area contributed by atoms with Gasteiger partial charge in [0.2, 0.25) is 0 Å². The highest BCUT2D eigenvalue weighted by Gasteiger charge is 2.25. The Morgan fingerprint density at radius 1 is 0.517 bits per heavy atom. The van der Waals surface area contributed by atoms with Crippen molar-refractivity contribution >= 4 is 13.8 Å². The second-order valence-electron chi connectivity index (χ2n) is 15.9. The number of phosphoric acid groups is 1. The van der Waals surface area contributed by atoms with Gasteiger partial charge in [-0.15, -0.1) is 0 Å². The lowest BCUT2D eigenvalue weighted by Crippen LogP contribution is -2.28. The summed E-state index contributed by atoms with van der Waals surface area (Å²) in [6.45, 7) is 4.76. The lowest BCUT2D eigenvalue weighted by atomic mass is 10.1. The van der Waals surface area contributed by atoms with E-state index in [-0.39, 0.29) is 38.8 Å². The van der Waals surface area contributed by atoms with E-state index in [4.69, 9.17) is 24.3 Å². The molecule has 0 bridgehead atoms. The summed E-state index contributed by atoms with van der Waals surface area (Å²) in [5.41, 5.74) is 5.38. The number of rotatable bonds is 46. The van der Waals surface area contributed by atoms with E-state index >= 15 is 0 Å². The van der Waals surface area contributed by atoms with Crippen molar-refractivity contribution < 1.29 is 32.8 Å². The van der Waals surface area contributed by atoms with Crippen LogP contribution >= 0.6 is 7.82 Å². The van der Waals surface area contributed by atoms with Gasteiger partial charge in [0.25, 0.3) is 0 Å². The quantitative estimate of drug-likeness (QED) is 0.0269. The normalized spacial score (nSPS) is 14.0. The van der Waals surface area contributed by atoms with Crippen molar-refractivity contribution in [2.45, 2.75) is 213 Å². The van der Waals surface area contributed by atoms with Gasteiger partial charge >= 0.3 is 13.8 Å². The molecule has 8 nitrogen and oxygen atoms in total. The van der Waals surface area contributed by atoms with Gasteiger partial charge in [-0.3, -0.25) is 13.8 Å². The second-order valence-corrected chi connectivity index (χ2v) is 17.4. The minimum Gasteiger partial charge on any atom is -0.457 e. The highest BCUT2D eigenvalue weighted by Crippen LogP contribution is 2.43. The predicted molar refractivity (Wildman–Crippen MR) is 256 cm³/mol. The molecule has 3 N–H and O–H groups in total. The van der Waals surface area contributed by atoms with Crippen LogP contribution in [-0.4, -0.2) is 49.9 Å². The van der Waals surface area contributed by atoms with Crippen LogP contribution in [-0.2, 0) is 27.9 Å². The van der Waals surface area contributed by atoms with Gasteiger partial charge in [0.1, 0.15) is 6.10 Å². The third-order valence-electron chi connectivity index (χ3n) is 10.1. The topological polar surface area (TPSA) is 117 Å². The standard InChI is InChI=1S/C51H92NO7P/c1-3-5-7-9-11-13-15-17-19-21-23-24-25-27-29-31-33-35-37-39-41-43-46-56-48-50(49-58-60(54,55)57-47-45-52)59-51(53)44-42-40-38-36-34-32-30-28-26-22-20-18-16-14-12-10-8-6-4-2/h6,8,12,14,18,20-21,23,26,28,32,34,50H,3-5,7,9-11,13,15-17,19,22,24-25,27,29-31,33,35-49,52H2,1-2H3,(H,54,55)/b8-6-,14-12-,20-18-,23-21-,28-26-,34-32-. The van der Waals surface area contributed by atoms with Gasteiger partial charge in [-0.05, 0) is 83.5 Å². The fourth-order valence-corrected chi connectivity index (χ4v) is 7.31. The van der Waals surface area contributed by atoms with Crippen LogP contribution < -0.4 is 5.73 Å². The van der Waals surface area contributed by atoms with Gasteiger partial charge < -0.3 is 20.1 Å². The fourth-order valence-electron chi connectivity index (χ4n) is 6.55. The zero-order valence-corrected chi connectivity index (χ0v) is 39.6. The van der Waals surface area contributed by atoms with E-state index in [2.05, 4.69) is 86.8 Å². The first kappa shape index (κ1) is 57.9. The number of ether oxygens (including phenoxy) is 2. The molecule has 0 aromatic carbocycles. The Labute approximate surface area is 369 Å². The second kappa shape index (κ2) is 48.0. The van der Waals surface area contributed by atoms with Crippen molar-refractivity contribution in [1.82, 2.24) is 0 Å². The van der Waals surface area contributed by atoms with E-state index < -0.39 is 13.9 Å². The van der Waals surface area contributed by atoms with Gasteiger partial charge in [0, 0.05) is 19.6 Å². The summed E-state index contributed by atoms with van der Waals surface area (Å²) >= 11 is 0. The summed E-state index contributed by atoms with van der Waals surface area (Å²) in [6.07, 6.45) is 60.8. The molecule has 0 fully saturated rings. The summed E-state index contributed by atoms with van der Waals surface area (Å²) in [6, 6.07) is 0. The molecule has 0 saturated carbocycles. The number of hydrogen-bond acceptors (Lipinski definition) is 7. The molecule has 60 heavy (non-hydrogen) atoms. The third kappa shape index (κ3) is 47.0. The average Bonchev–Trinajstić information content (AvgIpc) is 3.24. The van der Waals surface area contributed by atoms with Crippen LogP contribution in [0.1, 0.15) is 206 Å². The lowest BCUT2D eigenvalue weighted by Gasteiger charge is -2.20. The van der Waals surface area contributed by atoms with Gasteiger partial charge in [0.05, 0.1) is 19.8 Å². The number of hydrogen-bond donors (Lipinski definition) is 2. The number of unbranched alkanes of at least 4 members (excludes halogenated alkanes) is 21. The maximum atomic E-state index is 12.6. The molecule has 0 radical (unpaired) electrons. The molecule has 0 aliphatic carbocycles. The van der Waals surface area contributed by atoms with E-state index in [1.807, 2.05) is 0 Å². The Morgan fingerprint density at radius 3 is 1.42 bits per heavy atom. The summed E-state index contributed by atoms with van der Waals surface area (Å²) in [5, 5.41) is 0. The molecule has 0 rings (SSSR count). The molecular weight excluding hydrogens is 770 g/mol. The largest absolute Gasteiger partial charge is 0.472 e. The Hall–Kier alpha value is -2.06. The van der Waals surface area contributed by atoms with Crippen molar-refractivity contribution in [2.75, 3.05) is 33.0 Å². The van der Waals surface area contributed by atoms with E-state index in [0.717, 1.165) is 64.2 Å². The Morgan fingerprint density at radius 2 is 0.933 bits per heavy atom. The molecule has 2 unspecified atom stereocenters. The fraction of sp³-hybridized carbons (Fsp3) is 0.745. The first-order valence-corrected chi connectivity index (χ1v) is 25.9. The van der Waals surface area contributed by atoms with Crippen LogP contribution in [0.5, 0.6) is 0 Å². The maximum Gasteiger partial charge on any atom is 0.472 e. The lowest BCUT2D eigenvalue weighted by molar-refractivity contribution is -0.154. The molecular formula is C51H92NO7P. The van der Waals surface area contributed by atoms with Crippen LogP contribution in [0.3, 0.4) is 0 Å². The number of nitrogens with two attached hydrogens (primary N) is 1. The summed E-state index contributed by atoms with van der Waals surface area (Å²) in [4.78, 5) is 22.5. The zero-order valence-electron chi connectivity index (χ0n) is 38.7. The summed E-state index contributed by atoms with van der Waals surface area (Å²) in [7, 11) is -4.29. The minimum atomic E-state index is -4.29. The smallest absolute Gasteiger partial charge is 0.457 e. The number of phosphoric ester groups is 1. The summed E-state index contributed by atoms with van der Waals surface area (Å²) in [5.74, 6) is -0.362. The van der Waals surface area contributed by atoms with E-state index in [0.29, 0.717) is 13.0 Å². The van der Waals surface area contributed by atoms with Crippen molar-refractivity contribution in [3.05, 3.63) is 72.9 Å². The number of esters is 1. The highest BCUT2D eigenvalue weighted by molar-refractivity contribution is 7.47. The molecule has 0 aliphatic rings. The van der Waals surface area contributed by atoms with Crippen LogP contribution in [0.4, 0.5) is 0 Å². The minimum absolute atomic E-state index is 0.0913. The predicted octanol–water partition coefficient (Wildman–Crippen LogP) is 15.1. The van der Waals surface area contributed by atoms with Gasteiger partial charge in [-0.25, -0.2) is 4.57 Å². The van der Waals surface area contributed by atoms with Crippen LogP contribution in [0.15, 0.2) is 72.9 Å². The van der Waals surface area contributed by atoms with Crippen molar-refractivity contribution in [3.63, 3.8) is 0 Å². The summed E-state index contributed by atoms with van der Waals surface area (Å²) < 4.78 is 33.5. The third-order valence-corrected chi connectivity index (χ3v) is 11.1. The molecule has 0 heterocycles. The molecule has 2 atom stereocenters. The number of carbonyl (C=O) groups is 1. The monoisotopic (exact) mass is 862 g/mol. The van der Waals surface area contributed by atoms with Gasteiger partial charge in [-0.2, -0.15) is 0 Å². The van der Waals surface area contributed by atoms with Crippen LogP contribution in [0, 0.1) is 0 Å². The molecule has 348 valence electrons. The highest BCUT2D eigenvalue weighted by atomic mass is 31.2. The van der Waals surface area contributed by atoms with Crippen LogP contribution in [0.2, 0.25) is 0 Å². The first-order chi connectivity index (χ1) is 29.4. The van der Waals surface area contributed by atoms with Crippen molar-refractivity contribution in [2.24, 2.45) is 5.73 Å². The number of carbonyl (C=O) groups excluding carboxylic acids is 1. The van der Waals surface area contributed by atoms with Crippen molar-refractivity contribution in [1.29, 1.82) is 0 Å².